The predicted molar refractivity (Wildman–Crippen MR) is 105 cm³/mol. The molecule has 1 amide bonds. The Labute approximate surface area is 165 Å². The topological polar surface area (TPSA) is 72.8 Å². The van der Waals surface area contributed by atoms with Crippen LogP contribution in [-0.2, 0) is 0 Å². The Morgan fingerprint density at radius 2 is 2.27 bits per heavy atom. The molecule has 1 aromatic carbocycles. The van der Waals surface area contributed by atoms with E-state index >= 15 is 0 Å². The van der Waals surface area contributed by atoms with Gasteiger partial charge < -0.3 is 9.47 Å². The maximum atomic E-state index is 12.1. The van der Waals surface area contributed by atoms with Gasteiger partial charge in [-0.15, -0.1) is 0 Å². The van der Waals surface area contributed by atoms with Gasteiger partial charge >= 0.3 is 0 Å². The number of carbonyl (C=O) groups excluding carboxylic acids is 1. The second-order valence-corrected chi connectivity index (χ2v) is 6.12. The van der Waals surface area contributed by atoms with Gasteiger partial charge in [0, 0.05) is 6.20 Å². The normalized spacial score (nSPS) is 10.6. The number of amides is 1. The van der Waals surface area contributed by atoms with Gasteiger partial charge in [-0.25, -0.2) is 10.4 Å². The zero-order chi connectivity index (χ0) is 18.9. The van der Waals surface area contributed by atoms with E-state index in [9.17, 15) is 4.79 Å². The van der Waals surface area contributed by atoms with Crippen LogP contribution in [0.3, 0.4) is 0 Å². The van der Waals surface area contributed by atoms with E-state index < -0.39 is 5.91 Å². The Balaban J connectivity index is 2.15. The monoisotopic (exact) mass is 437 g/mol. The number of hydrazone groups is 1. The molecule has 0 spiro atoms. The molecule has 8 heteroatoms. The summed E-state index contributed by atoms with van der Waals surface area (Å²) >= 11 is 9.33. The van der Waals surface area contributed by atoms with Crippen molar-refractivity contribution >= 4 is 39.7 Å². The van der Waals surface area contributed by atoms with Gasteiger partial charge in [-0.1, -0.05) is 24.3 Å². The van der Waals surface area contributed by atoms with Crippen LogP contribution in [0.25, 0.3) is 0 Å². The molecule has 0 unspecified atom stereocenters. The number of nitrogens with one attached hydrogen (secondary N) is 1. The fourth-order valence-corrected chi connectivity index (χ4v) is 2.77. The molecule has 0 aliphatic rings. The number of nitrogens with zero attached hydrogens (tertiary/aromatic N) is 2. The number of aromatic nitrogens is 1. The van der Waals surface area contributed by atoms with Crippen LogP contribution < -0.4 is 14.9 Å². The van der Waals surface area contributed by atoms with Crippen molar-refractivity contribution in [1.29, 1.82) is 0 Å². The van der Waals surface area contributed by atoms with Crippen molar-refractivity contribution in [3.05, 3.63) is 63.9 Å². The summed E-state index contributed by atoms with van der Waals surface area (Å²) in [5.41, 5.74) is 3.37. The van der Waals surface area contributed by atoms with Crippen LogP contribution in [-0.4, -0.2) is 30.3 Å². The molecule has 2 aromatic rings. The lowest BCUT2D eigenvalue weighted by Gasteiger charge is -2.13. The highest BCUT2D eigenvalue weighted by molar-refractivity contribution is 9.10. The number of ether oxygens (including phenoxy) is 2. The highest BCUT2D eigenvalue weighted by Gasteiger charge is 2.12. The minimum Gasteiger partial charge on any atom is -0.490 e. The van der Waals surface area contributed by atoms with Crippen LogP contribution >= 0.6 is 27.5 Å². The second kappa shape index (κ2) is 9.94. The first-order valence-corrected chi connectivity index (χ1v) is 8.87. The number of hydrogen-bond donors (Lipinski definition) is 1. The van der Waals surface area contributed by atoms with Gasteiger partial charge in [-0.2, -0.15) is 5.10 Å². The summed E-state index contributed by atoms with van der Waals surface area (Å²) in [5.74, 6) is 0.691. The molecule has 1 N–H and O–H groups in total. The third-order valence-electron chi connectivity index (χ3n) is 3.06. The Kier molecular flexibility index (Phi) is 7.62. The van der Waals surface area contributed by atoms with Crippen molar-refractivity contribution in [3.63, 3.8) is 0 Å². The molecule has 1 heterocycles. The van der Waals surface area contributed by atoms with Crippen LogP contribution in [0.5, 0.6) is 11.5 Å². The maximum absolute atomic E-state index is 12.1. The molecule has 0 aliphatic heterocycles. The molecule has 0 aliphatic carbocycles. The van der Waals surface area contributed by atoms with E-state index in [4.69, 9.17) is 21.1 Å². The second-order valence-electron chi connectivity index (χ2n) is 4.90. The molecule has 26 heavy (non-hydrogen) atoms. The molecule has 0 radical (unpaired) electrons. The van der Waals surface area contributed by atoms with Crippen molar-refractivity contribution < 1.29 is 14.3 Å². The Morgan fingerprint density at radius 1 is 1.46 bits per heavy atom. The van der Waals surface area contributed by atoms with Crippen LogP contribution in [0.1, 0.15) is 22.8 Å². The average molecular weight is 439 g/mol. The minimum absolute atomic E-state index is 0.116. The number of rotatable bonds is 8. The maximum Gasteiger partial charge on any atom is 0.274 e. The number of hydrogen-bond acceptors (Lipinski definition) is 5. The lowest BCUT2D eigenvalue weighted by atomic mass is 10.2. The number of carbonyl (C=O) groups is 1. The van der Waals surface area contributed by atoms with E-state index in [2.05, 4.69) is 38.0 Å². The summed E-state index contributed by atoms with van der Waals surface area (Å²) in [6, 6.07) is 6.75. The molecule has 2 rings (SSSR count). The van der Waals surface area contributed by atoms with Crippen LogP contribution in [0.4, 0.5) is 0 Å². The smallest absolute Gasteiger partial charge is 0.274 e. The summed E-state index contributed by atoms with van der Waals surface area (Å²) in [5, 5.41) is 4.06. The largest absolute Gasteiger partial charge is 0.490 e. The molecule has 136 valence electrons. The fraction of sp³-hybridized carbons (Fsp3) is 0.167. The molecular weight excluding hydrogens is 422 g/mol. The number of benzene rings is 1. The van der Waals surface area contributed by atoms with Crippen molar-refractivity contribution in [2.24, 2.45) is 5.10 Å². The molecule has 1 aromatic heterocycles. The third kappa shape index (κ3) is 5.31. The molecule has 0 fully saturated rings. The van der Waals surface area contributed by atoms with Crippen LogP contribution in [0.15, 0.2) is 52.7 Å². The fourth-order valence-electron chi connectivity index (χ4n) is 1.99. The predicted octanol–water partition coefficient (Wildman–Crippen LogP) is 4.22. The van der Waals surface area contributed by atoms with Crippen LogP contribution in [0.2, 0.25) is 5.15 Å². The van der Waals surface area contributed by atoms with Crippen molar-refractivity contribution in [3.8, 4) is 11.5 Å². The van der Waals surface area contributed by atoms with Crippen molar-refractivity contribution in [1.82, 2.24) is 10.4 Å². The van der Waals surface area contributed by atoms with Gasteiger partial charge in [0.05, 0.1) is 22.9 Å². The lowest BCUT2D eigenvalue weighted by Crippen LogP contribution is -2.18. The summed E-state index contributed by atoms with van der Waals surface area (Å²) in [6.45, 7) is 6.34. The van der Waals surface area contributed by atoms with E-state index in [1.807, 2.05) is 6.92 Å². The summed E-state index contributed by atoms with van der Waals surface area (Å²) in [6.07, 6.45) is 4.65. The standard InChI is InChI=1S/C18H17BrClN3O3/c1-3-8-26-16-14(19)9-12(10-15(16)25-4-2)11-22-23-18(24)13-6-5-7-21-17(13)20/h3,5-7,9-11H,1,4,8H2,2H3,(H,23,24). The van der Waals surface area contributed by atoms with E-state index in [1.54, 1.807) is 30.3 Å². The molecule has 0 atom stereocenters. The zero-order valence-corrected chi connectivity index (χ0v) is 16.4. The van der Waals surface area contributed by atoms with Gasteiger partial charge in [0.1, 0.15) is 11.8 Å². The summed E-state index contributed by atoms with van der Waals surface area (Å²) in [4.78, 5) is 15.9. The Morgan fingerprint density at radius 3 is 2.96 bits per heavy atom. The zero-order valence-electron chi connectivity index (χ0n) is 14.0. The molecule has 0 saturated heterocycles. The summed E-state index contributed by atoms with van der Waals surface area (Å²) in [7, 11) is 0. The highest BCUT2D eigenvalue weighted by Crippen LogP contribution is 2.36. The number of halogens is 2. The van der Waals surface area contributed by atoms with Gasteiger partial charge in [0.25, 0.3) is 5.91 Å². The van der Waals surface area contributed by atoms with Gasteiger partial charge in [0.15, 0.2) is 11.5 Å². The SMILES string of the molecule is C=CCOc1c(Br)cc(C=NNC(=O)c2cccnc2Cl)cc1OCC. The first-order valence-electron chi connectivity index (χ1n) is 7.70. The quantitative estimate of drug-likeness (QED) is 0.290. The van der Waals surface area contributed by atoms with Crippen molar-refractivity contribution in [2.75, 3.05) is 13.2 Å². The lowest BCUT2D eigenvalue weighted by molar-refractivity contribution is 0.0955. The first kappa shape index (κ1) is 19.9. The highest BCUT2D eigenvalue weighted by atomic mass is 79.9. The molecule has 6 nitrogen and oxygen atoms in total. The van der Waals surface area contributed by atoms with Gasteiger partial charge in [0.2, 0.25) is 0 Å². The van der Waals surface area contributed by atoms with Gasteiger partial charge in [-0.3, -0.25) is 4.79 Å². The number of pyridine rings is 1. The minimum atomic E-state index is -0.450. The molecular formula is C18H17BrClN3O3. The van der Waals surface area contributed by atoms with E-state index in [-0.39, 0.29) is 10.7 Å². The van der Waals surface area contributed by atoms with Gasteiger partial charge in [-0.05, 0) is 52.7 Å². The van der Waals surface area contributed by atoms with E-state index in [0.29, 0.717) is 34.7 Å². The summed E-state index contributed by atoms with van der Waals surface area (Å²) < 4.78 is 11.9. The molecule has 0 bridgehead atoms. The molecule has 0 saturated carbocycles. The first-order chi connectivity index (χ1) is 12.6. The van der Waals surface area contributed by atoms with E-state index in [0.717, 1.165) is 0 Å². The van der Waals surface area contributed by atoms with E-state index in [1.165, 1.54) is 12.4 Å². The Hall–Kier alpha value is -2.38. The third-order valence-corrected chi connectivity index (χ3v) is 3.95. The Bertz CT molecular complexity index is 827. The van der Waals surface area contributed by atoms with Crippen LogP contribution in [0, 0.1) is 0 Å². The van der Waals surface area contributed by atoms with Crippen molar-refractivity contribution in [2.45, 2.75) is 6.92 Å². The average Bonchev–Trinajstić information content (AvgIpc) is 2.61.